The van der Waals surface area contributed by atoms with Gasteiger partial charge in [-0.15, -0.1) is 16.4 Å². The van der Waals surface area contributed by atoms with E-state index < -0.39 is 5.97 Å². The maximum atomic E-state index is 12.1. The second-order valence-corrected chi connectivity index (χ2v) is 5.77. The smallest absolute Gasteiger partial charge is 0.338 e. The fourth-order valence-electron chi connectivity index (χ4n) is 1.54. The molecule has 6 nitrogen and oxygen atoms in total. The number of rotatable bonds is 4. The summed E-state index contributed by atoms with van der Waals surface area (Å²) in [6, 6.07) is 1.54. The van der Waals surface area contributed by atoms with Crippen LogP contribution in [0.15, 0.2) is 6.07 Å². The highest BCUT2D eigenvalue weighted by Crippen LogP contribution is 2.28. The quantitative estimate of drug-likeness (QED) is 0.904. The van der Waals surface area contributed by atoms with E-state index in [2.05, 4.69) is 14.9 Å². The Morgan fingerprint density at radius 2 is 2.21 bits per heavy atom. The van der Waals surface area contributed by atoms with Gasteiger partial charge in [0.25, 0.3) is 5.91 Å². The molecule has 0 aromatic carbocycles. The number of anilines is 1. The first-order chi connectivity index (χ1) is 9.02. The first-order valence-corrected chi connectivity index (χ1v) is 7.08. The van der Waals surface area contributed by atoms with Gasteiger partial charge in [-0.05, 0) is 30.9 Å². The molecule has 0 bridgehead atoms. The molecule has 0 saturated heterocycles. The molecule has 0 aliphatic heterocycles. The minimum atomic E-state index is -1.06. The number of aromatic carboxylic acids is 1. The zero-order valence-corrected chi connectivity index (χ0v) is 11.9. The summed E-state index contributed by atoms with van der Waals surface area (Å²) in [6.45, 7) is 3.67. The van der Waals surface area contributed by atoms with Gasteiger partial charge in [0, 0.05) is 4.88 Å². The third-order valence-corrected chi connectivity index (χ3v) is 4.14. The number of carbonyl (C=O) groups is 2. The lowest BCUT2D eigenvalue weighted by Gasteiger charge is -2.02. The summed E-state index contributed by atoms with van der Waals surface area (Å²) in [5, 5.41) is 15.9. The summed E-state index contributed by atoms with van der Waals surface area (Å²) in [6.07, 6.45) is 0.606. The van der Waals surface area contributed by atoms with Crippen LogP contribution in [0.25, 0.3) is 0 Å². The van der Waals surface area contributed by atoms with E-state index in [0.29, 0.717) is 22.0 Å². The summed E-state index contributed by atoms with van der Waals surface area (Å²) < 4.78 is 3.74. The highest BCUT2D eigenvalue weighted by Gasteiger charge is 2.20. The topological polar surface area (TPSA) is 92.2 Å². The minimum absolute atomic E-state index is 0.103. The zero-order chi connectivity index (χ0) is 14.0. The molecule has 0 radical (unpaired) electrons. The van der Waals surface area contributed by atoms with Crippen molar-refractivity contribution < 1.29 is 14.7 Å². The molecule has 8 heteroatoms. The average Bonchev–Trinajstić information content (AvgIpc) is 2.95. The Balaban J connectivity index is 2.26. The Labute approximate surface area is 117 Å². The average molecular weight is 297 g/mol. The van der Waals surface area contributed by atoms with E-state index in [1.54, 1.807) is 6.92 Å². The third kappa shape index (κ3) is 2.79. The van der Waals surface area contributed by atoms with E-state index in [9.17, 15) is 9.59 Å². The number of nitrogens with one attached hydrogen (secondary N) is 1. The van der Waals surface area contributed by atoms with E-state index in [1.165, 1.54) is 17.4 Å². The van der Waals surface area contributed by atoms with Gasteiger partial charge in [0.2, 0.25) is 0 Å². The second kappa shape index (κ2) is 5.45. The molecule has 100 valence electrons. The summed E-state index contributed by atoms with van der Waals surface area (Å²) in [7, 11) is 0. The van der Waals surface area contributed by atoms with Crippen molar-refractivity contribution in [1.82, 2.24) is 9.59 Å². The van der Waals surface area contributed by atoms with Crippen molar-refractivity contribution in [3.63, 3.8) is 0 Å². The van der Waals surface area contributed by atoms with Crippen LogP contribution in [0.1, 0.15) is 37.5 Å². The van der Waals surface area contributed by atoms with Gasteiger partial charge in [-0.25, -0.2) is 4.79 Å². The van der Waals surface area contributed by atoms with E-state index in [-0.39, 0.29) is 11.5 Å². The number of aryl methyl sites for hydroxylation is 2. The van der Waals surface area contributed by atoms with Gasteiger partial charge in [-0.1, -0.05) is 11.4 Å². The van der Waals surface area contributed by atoms with Gasteiger partial charge in [0.1, 0.15) is 9.88 Å². The zero-order valence-electron chi connectivity index (χ0n) is 10.3. The van der Waals surface area contributed by atoms with Crippen molar-refractivity contribution in [2.45, 2.75) is 20.3 Å². The van der Waals surface area contributed by atoms with Crippen LogP contribution >= 0.6 is 22.9 Å². The van der Waals surface area contributed by atoms with Crippen LogP contribution in [0, 0.1) is 6.92 Å². The molecule has 0 aliphatic rings. The maximum Gasteiger partial charge on any atom is 0.338 e. The number of hydrogen-bond donors (Lipinski definition) is 2. The van der Waals surface area contributed by atoms with E-state index in [4.69, 9.17) is 5.11 Å². The maximum absolute atomic E-state index is 12.1. The van der Waals surface area contributed by atoms with Crippen LogP contribution in [0.4, 0.5) is 5.00 Å². The molecule has 0 fully saturated rings. The molecule has 0 saturated carbocycles. The van der Waals surface area contributed by atoms with Crippen LogP contribution in [-0.4, -0.2) is 26.6 Å². The highest BCUT2D eigenvalue weighted by molar-refractivity contribution is 7.16. The van der Waals surface area contributed by atoms with Gasteiger partial charge >= 0.3 is 5.97 Å². The molecular formula is C11H11N3O3S2. The molecule has 1 amide bonds. The van der Waals surface area contributed by atoms with Crippen LogP contribution in [-0.2, 0) is 6.42 Å². The van der Waals surface area contributed by atoms with Crippen molar-refractivity contribution in [2.75, 3.05) is 5.32 Å². The fourth-order valence-corrected chi connectivity index (χ4v) is 3.08. The Hall–Kier alpha value is -1.80. The lowest BCUT2D eigenvalue weighted by molar-refractivity contribution is 0.0698. The molecule has 0 atom stereocenters. The van der Waals surface area contributed by atoms with Crippen LogP contribution < -0.4 is 5.32 Å². The lowest BCUT2D eigenvalue weighted by atomic mass is 10.2. The number of aromatic nitrogens is 2. The monoisotopic (exact) mass is 297 g/mol. The highest BCUT2D eigenvalue weighted by atomic mass is 32.1. The van der Waals surface area contributed by atoms with Crippen molar-refractivity contribution in [3.8, 4) is 0 Å². The normalized spacial score (nSPS) is 10.4. The summed E-state index contributed by atoms with van der Waals surface area (Å²) in [5.41, 5.74) is 0.721. The van der Waals surface area contributed by atoms with Crippen LogP contribution in [0.3, 0.4) is 0 Å². The molecular weight excluding hydrogens is 286 g/mol. The van der Waals surface area contributed by atoms with Crippen molar-refractivity contribution >= 4 is 39.7 Å². The number of amides is 1. The SMILES string of the molecule is CCc1nnsc1C(=O)Nc1sc(C)cc1C(=O)O. The van der Waals surface area contributed by atoms with Gasteiger partial charge in [-0.3, -0.25) is 4.79 Å². The lowest BCUT2D eigenvalue weighted by Crippen LogP contribution is -2.13. The van der Waals surface area contributed by atoms with Crippen molar-refractivity contribution in [2.24, 2.45) is 0 Å². The van der Waals surface area contributed by atoms with Gasteiger partial charge in [0.15, 0.2) is 0 Å². The number of nitrogens with zero attached hydrogens (tertiary/aromatic N) is 2. The molecule has 2 aromatic rings. The van der Waals surface area contributed by atoms with E-state index >= 15 is 0 Å². The standard InChI is InChI=1S/C11H11N3O3S2/c1-3-7-8(19-14-13-7)9(15)12-10-6(11(16)17)4-5(2)18-10/h4H,3H2,1-2H3,(H,12,15)(H,16,17). The molecule has 19 heavy (non-hydrogen) atoms. The molecule has 2 aromatic heterocycles. The molecule has 0 spiro atoms. The van der Waals surface area contributed by atoms with Gasteiger partial charge in [-0.2, -0.15) is 0 Å². The van der Waals surface area contributed by atoms with E-state index in [0.717, 1.165) is 16.4 Å². The van der Waals surface area contributed by atoms with Gasteiger partial charge < -0.3 is 10.4 Å². The fraction of sp³-hybridized carbons (Fsp3) is 0.273. The van der Waals surface area contributed by atoms with E-state index in [1.807, 2.05) is 6.92 Å². The van der Waals surface area contributed by atoms with Crippen molar-refractivity contribution in [1.29, 1.82) is 0 Å². The Morgan fingerprint density at radius 3 is 2.84 bits per heavy atom. The van der Waals surface area contributed by atoms with Crippen LogP contribution in [0.5, 0.6) is 0 Å². The summed E-state index contributed by atoms with van der Waals surface area (Å²) in [5.74, 6) is -1.42. The molecule has 2 heterocycles. The Bertz CT molecular complexity index is 633. The Morgan fingerprint density at radius 1 is 1.47 bits per heavy atom. The molecule has 2 N–H and O–H groups in total. The molecule has 0 aliphatic carbocycles. The summed E-state index contributed by atoms with van der Waals surface area (Å²) >= 11 is 2.24. The third-order valence-electron chi connectivity index (χ3n) is 2.41. The molecule has 2 rings (SSSR count). The predicted molar refractivity (Wildman–Crippen MR) is 73.3 cm³/mol. The first kappa shape index (κ1) is 13.6. The number of carbonyl (C=O) groups excluding carboxylic acids is 1. The largest absolute Gasteiger partial charge is 0.478 e. The number of hydrogen-bond acceptors (Lipinski definition) is 6. The number of carboxylic acid groups (broad SMARTS) is 1. The Kier molecular flexibility index (Phi) is 3.91. The number of carboxylic acids is 1. The second-order valence-electron chi connectivity index (χ2n) is 3.76. The van der Waals surface area contributed by atoms with Crippen LogP contribution in [0.2, 0.25) is 0 Å². The summed E-state index contributed by atoms with van der Waals surface area (Å²) in [4.78, 5) is 24.4. The van der Waals surface area contributed by atoms with Crippen molar-refractivity contribution in [3.05, 3.63) is 27.1 Å². The predicted octanol–water partition coefficient (Wildman–Crippen LogP) is 2.42. The molecule has 0 unspecified atom stereocenters. The first-order valence-electron chi connectivity index (χ1n) is 5.49. The van der Waals surface area contributed by atoms with Gasteiger partial charge in [0.05, 0.1) is 11.3 Å². The minimum Gasteiger partial charge on any atom is -0.478 e. The number of thiophene rings is 1.